The summed E-state index contributed by atoms with van der Waals surface area (Å²) in [5.74, 6) is 0. The van der Waals surface area contributed by atoms with Crippen molar-refractivity contribution < 1.29 is 0 Å². The molecule has 4 heteroatoms. The first-order valence-corrected chi connectivity index (χ1v) is 8.99. The van der Waals surface area contributed by atoms with Gasteiger partial charge in [-0.15, -0.1) is 0 Å². The Bertz CT molecular complexity index is 1270. The predicted octanol–water partition coefficient (Wildman–Crippen LogP) is 5.25. The summed E-state index contributed by atoms with van der Waals surface area (Å²) in [4.78, 5) is 9.76. The number of hydrogen-bond acceptors (Lipinski definition) is 3. The molecule has 0 bridgehead atoms. The second kappa shape index (κ2) is 6.02. The molecule has 5 aromatic rings. The SMILES string of the molecule is Cc1cc2cnc3c(c(C)nn3-c3ccccc3)c2nc1-c1ccccc1. The molecule has 3 heterocycles. The number of aryl methyl sites for hydroxylation is 2. The molecule has 2 aromatic carbocycles. The number of benzene rings is 2. The molecule has 0 saturated carbocycles. The molecule has 0 saturated heterocycles. The van der Waals surface area contributed by atoms with E-state index in [0.29, 0.717) is 0 Å². The molecule has 0 radical (unpaired) electrons. The molecule has 0 amide bonds. The molecule has 0 atom stereocenters. The van der Waals surface area contributed by atoms with Crippen LogP contribution in [0.4, 0.5) is 0 Å². The fourth-order valence-corrected chi connectivity index (χ4v) is 3.61. The summed E-state index contributed by atoms with van der Waals surface area (Å²) < 4.78 is 1.90. The van der Waals surface area contributed by atoms with Crippen molar-refractivity contribution in [2.24, 2.45) is 0 Å². The zero-order chi connectivity index (χ0) is 18.4. The lowest BCUT2D eigenvalue weighted by atomic mass is 10.0. The molecule has 0 unspecified atom stereocenters. The fraction of sp³-hybridized carbons (Fsp3) is 0.0870. The number of hydrogen-bond donors (Lipinski definition) is 0. The van der Waals surface area contributed by atoms with E-state index in [2.05, 4.69) is 25.1 Å². The second-order valence-electron chi connectivity index (χ2n) is 6.75. The summed E-state index contributed by atoms with van der Waals surface area (Å²) >= 11 is 0. The van der Waals surface area contributed by atoms with E-state index in [1.165, 1.54) is 0 Å². The molecular formula is C23H18N4. The van der Waals surface area contributed by atoms with E-state index in [4.69, 9.17) is 15.1 Å². The Kier molecular flexibility index (Phi) is 3.50. The third-order valence-corrected chi connectivity index (χ3v) is 4.89. The third-order valence-electron chi connectivity index (χ3n) is 4.89. The van der Waals surface area contributed by atoms with Crippen LogP contribution in [-0.2, 0) is 0 Å². The van der Waals surface area contributed by atoms with Crippen LogP contribution in [0.2, 0.25) is 0 Å². The van der Waals surface area contributed by atoms with Crippen LogP contribution in [0.3, 0.4) is 0 Å². The molecule has 0 fully saturated rings. The normalized spacial score (nSPS) is 11.3. The van der Waals surface area contributed by atoms with Crippen LogP contribution in [0.15, 0.2) is 72.9 Å². The Morgan fingerprint density at radius 3 is 2.30 bits per heavy atom. The van der Waals surface area contributed by atoms with Crippen molar-refractivity contribution in [2.75, 3.05) is 0 Å². The van der Waals surface area contributed by atoms with Crippen molar-refractivity contribution in [1.29, 1.82) is 0 Å². The van der Waals surface area contributed by atoms with Crippen molar-refractivity contribution in [1.82, 2.24) is 19.7 Å². The van der Waals surface area contributed by atoms with E-state index in [9.17, 15) is 0 Å². The summed E-state index contributed by atoms with van der Waals surface area (Å²) in [6.45, 7) is 4.12. The monoisotopic (exact) mass is 350 g/mol. The zero-order valence-corrected chi connectivity index (χ0v) is 15.2. The highest BCUT2D eigenvalue weighted by atomic mass is 15.3. The Balaban J connectivity index is 1.84. The lowest BCUT2D eigenvalue weighted by Crippen LogP contribution is -1.97. The van der Waals surface area contributed by atoms with Gasteiger partial charge in [0.2, 0.25) is 0 Å². The van der Waals surface area contributed by atoms with E-state index in [1.807, 2.05) is 66.3 Å². The maximum atomic E-state index is 5.05. The Morgan fingerprint density at radius 2 is 1.56 bits per heavy atom. The topological polar surface area (TPSA) is 43.6 Å². The van der Waals surface area contributed by atoms with Crippen molar-refractivity contribution in [3.05, 3.63) is 84.2 Å². The minimum atomic E-state index is 0.835. The van der Waals surface area contributed by atoms with Gasteiger partial charge in [0, 0.05) is 17.1 Å². The number of nitrogens with zero attached hydrogens (tertiary/aromatic N) is 4. The van der Waals surface area contributed by atoms with Gasteiger partial charge in [-0.2, -0.15) is 5.10 Å². The van der Waals surface area contributed by atoms with Gasteiger partial charge < -0.3 is 0 Å². The molecule has 3 aromatic heterocycles. The predicted molar refractivity (Wildman–Crippen MR) is 109 cm³/mol. The average molecular weight is 350 g/mol. The average Bonchev–Trinajstić information content (AvgIpc) is 3.06. The van der Waals surface area contributed by atoms with E-state index >= 15 is 0 Å². The molecule has 0 N–H and O–H groups in total. The van der Waals surface area contributed by atoms with Gasteiger partial charge in [0.15, 0.2) is 5.65 Å². The van der Waals surface area contributed by atoms with Crippen LogP contribution >= 0.6 is 0 Å². The number of fused-ring (bicyclic) bond motifs is 3. The minimum absolute atomic E-state index is 0.835. The van der Waals surface area contributed by atoms with E-state index in [-0.39, 0.29) is 0 Å². The van der Waals surface area contributed by atoms with Gasteiger partial charge in [0.1, 0.15) is 0 Å². The van der Waals surface area contributed by atoms with E-state index in [0.717, 1.165) is 50.1 Å². The Hall–Kier alpha value is -3.53. The van der Waals surface area contributed by atoms with Crippen LogP contribution in [0, 0.1) is 13.8 Å². The number of rotatable bonds is 2. The fourth-order valence-electron chi connectivity index (χ4n) is 3.61. The second-order valence-corrected chi connectivity index (χ2v) is 6.75. The van der Waals surface area contributed by atoms with E-state index < -0.39 is 0 Å². The molecule has 0 aliphatic carbocycles. The van der Waals surface area contributed by atoms with E-state index in [1.54, 1.807) is 0 Å². The Morgan fingerprint density at radius 1 is 0.852 bits per heavy atom. The Labute approximate surface area is 157 Å². The van der Waals surface area contributed by atoms with Crippen molar-refractivity contribution in [3.63, 3.8) is 0 Å². The molecule has 130 valence electrons. The molecule has 0 aliphatic heterocycles. The standard InChI is InChI=1S/C23H18N4/c1-15-13-18-14-24-23-20(16(2)26-27(23)19-11-7-4-8-12-19)22(18)25-21(15)17-9-5-3-6-10-17/h3-14H,1-2H3. The lowest BCUT2D eigenvalue weighted by Gasteiger charge is -2.09. The summed E-state index contributed by atoms with van der Waals surface area (Å²) in [5.41, 5.74) is 6.98. The minimum Gasteiger partial charge on any atom is -0.247 e. The molecular weight excluding hydrogens is 332 g/mol. The largest absolute Gasteiger partial charge is 0.247 e. The molecule has 4 nitrogen and oxygen atoms in total. The smallest absolute Gasteiger partial charge is 0.165 e. The first-order valence-electron chi connectivity index (χ1n) is 8.99. The van der Waals surface area contributed by atoms with Gasteiger partial charge in [-0.25, -0.2) is 14.6 Å². The quantitative estimate of drug-likeness (QED) is 0.436. The van der Waals surface area contributed by atoms with Crippen LogP contribution in [-0.4, -0.2) is 19.7 Å². The highest BCUT2D eigenvalue weighted by Crippen LogP contribution is 2.31. The van der Waals surface area contributed by atoms with Gasteiger partial charge in [-0.05, 0) is 37.6 Å². The molecule has 0 spiro atoms. The van der Waals surface area contributed by atoms with Gasteiger partial charge in [-0.3, -0.25) is 0 Å². The first-order chi connectivity index (χ1) is 13.2. The van der Waals surface area contributed by atoms with Gasteiger partial charge in [-0.1, -0.05) is 48.5 Å². The molecule has 27 heavy (non-hydrogen) atoms. The first kappa shape index (κ1) is 15.7. The lowest BCUT2D eigenvalue weighted by molar-refractivity contribution is 0.878. The maximum absolute atomic E-state index is 5.05. The van der Waals surface area contributed by atoms with Crippen LogP contribution < -0.4 is 0 Å². The molecule has 0 aliphatic rings. The summed E-state index contributed by atoms with van der Waals surface area (Å²) in [5, 5.41) is 6.79. The molecule has 5 rings (SSSR count). The highest BCUT2D eigenvalue weighted by Gasteiger charge is 2.16. The van der Waals surface area contributed by atoms with Crippen molar-refractivity contribution in [3.8, 4) is 16.9 Å². The maximum Gasteiger partial charge on any atom is 0.165 e. The third kappa shape index (κ3) is 2.49. The summed E-state index contributed by atoms with van der Waals surface area (Å²) in [6, 6.07) is 22.6. The zero-order valence-electron chi connectivity index (χ0n) is 15.2. The van der Waals surface area contributed by atoms with Crippen LogP contribution in [0.25, 0.3) is 38.9 Å². The van der Waals surface area contributed by atoms with Crippen LogP contribution in [0.5, 0.6) is 0 Å². The highest BCUT2D eigenvalue weighted by molar-refractivity contribution is 6.04. The number of para-hydroxylation sites is 1. The summed E-state index contributed by atoms with van der Waals surface area (Å²) in [6.07, 6.45) is 1.90. The van der Waals surface area contributed by atoms with Crippen molar-refractivity contribution >= 4 is 21.9 Å². The van der Waals surface area contributed by atoms with Crippen molar-refractivity contribution in [2.45, 2.75) is 13.8 Å². The van der Waals surface area contributed by atoms with Gasteiger partial charge in [0.25, 0.3) is 0 Å². The number of aromatic nitrogens is 4. The summed E-state index contributed by atoms with van der Waals surface area (Å²) in [7, 11) is 0. The van der Waals surface area contributed by atoms with Gasteiger partial charge >= 0.3 is 0 Å². The van der Waals surface area contributed by atoms with Crippen LogP contribution in [0.1, 0.15) is 11.3 Å². The van der Waals surface area contributed by atoms with Gasteiger partial charge in [0.05, 0.1) is 28.0 Å². The number of pyridine rings is 2.